The summed E-state index contributed by atoms with van der Waals surface area (Å²) < 4.78 is 0. The normalized spacial score (nSPS) is 28.6. The molecule has 0 unspecified atom stereocenters. The van der Waals surface area contributed by atoms with Crippen molar-refractivity contribution in [2.24, 2.45) is 11.8 Å². The number of aryl methyl sites for hydroxylation is 1. The van der Waals surface area contributed by atoms with Crippen LogP contribution in [0.25, 0.3) is 0 Å². The predicted octanol–water partition coefficient (Wildman–Crippen LogP) is 5.03. The first kappa shape index (κ1) is 13.9. The van der Waals surface area contributed by atoms with Crippen molar-refractivity contribution in [3.63, 3.8) is 0 Å². The number of rotatable bonds is 2. The maximum Gasteiger partial charge on any atom is 0.132 e. The van der Waals surface area contributed by atoms with Crippen LogP contribution in [-0.4, -0.2) is 5.78 Å². The lowest BCUT2D eigenvalue weighted by Crippen LogP contribution is -2.25. The van der Waals surface area contributed by atoms with E-state index >= 15 is 0 Å². The molecule has 2 saturated carbocycles. The minimum Gasteiger partial charge on any atom is -0.300 e. The third kappa shape index (κ3) is 3.13. The van der Waals surface area contributed by atoms with E-state index in [2.05, 4.69) is 31.2 Å². The first-order valence-corrected chi connectivity index (χ1v) is 8.30. The molecule has 0 aliphatic heterocycles. The fourth-order valence-electron chi connectivity index (χ4n) is 4.20. The second-order valence-electron chi connectivity index (χ2n) is 6.90. The summed E-state index contributed by atoms with van der Waals surface area (Å²) in [5.74, 6) is 3.00. The molecule has 0 radical (unpaired) electrons. The van der Waals surface area contributed by atoms with Crippen LogP contribution in [-0.2, 0) is 4.79 Å². The summed E-state index contributed by atoms with van der Waals surface area (Å²) in [6.45, 7) is 2.16. The molecule has 0 heterocycles. The molecule has 1 heteroatoms. The molecule has 0 aromatic heterocycles. The Bertz CT molecular complexity index is 441. The summed E-state index contributed by atoms with van der Waals surface area (Å²) >= 11 is 0. The summed E-state index contributed by atoms with van der Waals surface area (Å²) in [6.07, 6.45) is 9.47. The van der Waals surface area contributed by atoms with Crippen molar-refractivity contribution < 1.29 is 4.79 Å². The Hall–Kier alpha value is -1.11. The van der Waals surface area contributed by atoms with Crippen LogP contribution in [0.1, 0.15) is 68.4 Å². The van der Waals surface area contributed by atoms with E-state index < -0.39 is 0 Å². The molecule has 0 spiro atoms. The van der Waals surface area contributed by atoms with Gasteiger partial charge in [-0.25, -0.2) is 0 Å². The molecular weight excluding hydrogens is 244 g/mol. The Balaban J connectivity index is 1.54. The zero-order valence-corrected chi connectivity index (χ0v) is 12.6. The van der Waals surface area contributed by atoms with E-state index in [1.807, 2.05) is 0 Å². The Kier molecular flexibility index (Phi) is 4.24. The van der Waals surface area contributed by atoms with Crippen molar-refractivity contribution in [2.45, 2.75) is 64.2 Å². The van der Waals surface area contributed by atoms with Gasteiger partial charge >= 0.3 is 0 Å². The molecule has 0 saturated heterocycles. The van der Waals surface area contributed by atoms with Crippen molar-refractivity contribution in [1.29, 1.82) is 0 Å². The van der Waals surface area contributed by atoms with E-state index in [1.165, 1.54) is 49.7 Å². The number of carbonyl (C=O) groups is 1. The van der Waals surface area contributed by atoms with Crippen LogP contribution >= 0.6 is 0 Å². The first-order chi connectivity index (χ1) is 9.72. The van der Waals surface area contributed by atoms with Gasteiger partial charge in [0.1, 0.15) is 5.78 Å². The van der Waals surface area contributed by atoms with Crippen LogP contribution in [0.4, 0.5) is 0 Å². The maximum atomic E-state index is 11.4. The summed E-state index contributed by atoms with van der Waals surface area (Å²) in [5.41, 5.74) is 2.89. The lowest BCUT2D eigenvalue weighted by molar-refractivity contribution is -0.121. The average Bonchev–Trinajstić information content (AvgIpc) is 2.49. The minimum absolute atomic E-state index is 0.495. The van der Waals surface area contributed by atoms with Crippen molar-refractivity contribution in [1.82, 2.24) is 0 Å². The second kappa shape index (κ2) is 6.11. The Labute approximate surface area is 122 Å². The maximum absolute atomic E-state index is 11.4. The van der Waals surface area contributed by atoms with Gasteiger partial charge in [0.05, 0.1) is 0 Å². The fraction of sp³-hybridized carbons (Fsp3) is 0.632. The van der Waals surface area contributed by atoms with Gasteiger partial charge in [-0.2, -0.15) is 0 Å². The molecule has 1 nitrogen and oxygen atoms in total. The topological polar surface area (TPSA) is 17.1 Å². The quantitative estimate of drug-likeness (QED) is 0.736. The number of ketones is 1. The molecule has 0 N–H and O–H groups in total. The fourth-order valence-corrected chi connectivity index (χ4v) is 4.20. The van der Waals surface area contributed by atoms with E-state index in [1.54, 1.807) is 0 Å². The van der Waals surface area contributed by atoms with Gasteiger partial charge in [0, 0.05) is 12.8 Å². The lowest BCUT2D eigenvalue weighted by Gasteiger charge is -2.35. The predicted molar refractivity (Wildman–Crippen MR) is 82.8 cm³/mol. The number of hydrogen-bond donors (Lipinski definition) is 0. The Morgan fingerprint density at radius 3 is 1.95 bits per heavy atom. The van der Waals surface area contributed by atoms with E-state index in [-0.39, 0.29) is 0 Å². The highest BCUT2D eigenvalue weighted by Crippen LogP contribution is 2.42. The lowest BCUT2D eigenvalue weighted by atomic mass is 9.70. The number of Topliss-reactive ketones (excluding diaryl/α,β-unsaturated/α-hetero) is 1. The molecule has 1 aromatic rings. The number of hydrogen-bond acceptors (Lipinski definition) is 1. The zero-order chi connectivity index (χ0) is 13.9. The van der Waals surface area contributed by atoms with Gasteiger partial charge in [-0.3, -0.25) is 4.79 Å². The van der Waals surface area contributed by atoms with Crippen LogP contribution in [0.15, 0.2) is 24.3 Å². The van der Waals surface area contributed by atoms with Crippen molar-refractivity contribution in [2.75, 3.05) is 0 Å². The van der Waals surface area contributed by atoms with Crippen LogP contribution < -0.4 is 0 Å². The third-order valence-electron chi connectivity index (χ3n) is 5.58. The van der Waals surface area contributed by atoms with Crippen LogP contribution in [0.2, 0.25) is 0 Å². The van der Waals surface area contributed by atoms with E-state index in [0.717, 1.165) is 30.6 Å². The zero-order valence-electron chi connectivity index (χ0n) is 12.6. The monoisotopic (exact) mass is 270 g/mol. The van der Waals surface area contributed by atoms with Gasteiger partial charge in [-0.1, -0.05) is 29.8 Å². The van der Waals surface area contributed by atoms with E-state index in [4.69, 9.17) is 0 Å². The molecule has 0 bridgehead atoms. The summed E-state index contributed by atoms with van der Waals surface area (Å²) in [7, 11) is 0. The van der Waals surface area contributed by atoms with Crippen LogP contribution in [0.5, 0.6) is 0 Å². The SMILES string of the molecule is Cc1ccc(C2CCC(C3CCC(=O)CC3)CC2)cc1. The highest BCUT2D eigenvalue weighted by Gasteiger charge is 2.30. The molecule has 2 aliphatic rings. The van der Waals surface area contributed by atoms with Gasteiger partial charge in [0.2, 0.25) is 0 Å². The first-order valence-electron chi connectivity index (χ1n) is 8.30. The van der Waals surface area contributed by atoms with E-state index in [0.29, 0.717) is 5.78 Å². The molecule has 0 atom stereocenters. The molecule has 108 valence electrons. The highest BCUT2D eigenvalue weighted by atomic mass is 16.1. The van der Waals surface area contributed by atoms with Crippen LogP contribution in [0, 0.1) is 18.8 Å². The molecule has 1 aromatic carbocycles. The van der Waals surface area contributed by atoms with Gasteiger partial charge < -0.3 is 0 Å². The third-order valence-corrected chi connectivity index (χ3v) is 5.58. The minimum atomic E-state index is 0.495. The van der Waals surface area contributed by atoms with E-state index in [9.17, 15) is 4.79 Å². The van der Waals surface area contributed by atoms with Gasteiger partial charge in [0.25, 0.3) is 0 Å². The van der Waals surface area contributed by atoms with Crippen molar-refractivity contribution in [3.8, 4) is 0 Å². The molecule has 2 aliphatic carbocycles. The average molecular weight is 270 g/mol. The van der Waals surface area contributed by atoms with Crippen molar-refractivity contribution >= 4 is 5.78 Å². The molecule has 20 heavy (non-hydrogen) atoms. The Morgan fingerprint density at radius 2 is 1.35 bits per heavy atom. The van der Waals surface area contributed by atoms with Gasteiger partial charge in [-0.05, 0) is 68.8 Å². The molecule has 3 rings (SSSR count). The highest BCUT2D eigenvalue weighted by molar-refractivity contribution is 5.79. The summed E-state index contributed by atoms with van der Waals surface area (Å²) in [4.78, 5) is 11.4. The van der Waals surface area contributed by atoms with Crippen molar-refractivity contribution in [3.05, 3.63) is 35.4 Å². The summed E-state index contributed by atoms with van der Waals surface area (Å²) in [5, 5.41) is 0. The van der Waals surface area contributed by atoms with Gasteiger partial charge in [0.15, 0.2) is 0 Å². The number of carbonyl (C=O) groups excluding carboxylic acids is 1. The molecule has 0 amide bonds. The summed E-state index contributed by atoms with van der Waals surface area (Å²) in [6, 6.07) is 9.13. The molecule has 2 fully saturated rings. The standard InChI is InChI=1S/C19H26O/c1-14-2-4-15(5-3-14)16-6-8-17(9-7-16)18-10-12-19(20)13-11-18/h2-5,16-18H,6-13H2,1H3. The number of benzene rings is 1. The Morgan fingerprint density at radius 1 is 0.800 bits per heavy atom. The molecular formula is C19H26O. The smallest absolute Gasteiger partial charge is 0.132 e. The second-order valence-corrected chi connectivity index (χ2v) is 6.90. The van der Waals surface area contributed by atoms with Crippen LogP contribution in [0.3, 0.4) is 0 Å². The largest absolute Gasteiger partial charge is 0.300 e. The van der Waals surface area contributed by atoms with Gasteiger partial charge in [-0.15, -0.1) is 0 Å².